The van der Waals surface area contributed by atoms with Gasteiger partial charge in [0.15, 0.2) is 0 Å². The van der Waals surface area contributed by atoms with Gasteiger partial charge in [0.1, 0.15) is 18.7 Å². The van der Waals surface area contributed by atoms with Gasteiger partial charge in [0.25, 0.3) is 0 Å². The zero-order valence-corrected chi connectivity index (χ0v) is 19.5. The predicted octanol–water partition coefficient (Wildman–Crippen LogP) is 4.17. The molecule has 0 aliphatic heterocycles. The number of nitrogens with one attached hydrogen (secondary N) is 2. The Kier molecular flexibility index (Phi) is 7.74. The second-order valence-electron chi connectivity index (χ2n) is 9.22. The van der Waals surface area contributed by atoms with E-state index in [1.54, 1.807) is 13.8 Å². The third-order valence-corrected chi connectivity index (χ3v) is 5.89. The minimum atomic E-state index is -1.10. The molecule has 0 aromatic heterocycles. The number of carboxylic acid groups (broad SMARTS) is 1. The zero-order valence-electron chi connectivity index (χ0n) is 19.5. The fourth-order valence-electron chi connectivity index (χ4n) is 4.26. The molecule has 33 heavy (non-hydrogen) atoms. The van der Waals surface area contributed by atoms with Gasteiger partial charge in [-0.1, -0.05) is 76.2 Å². The lowest BCUT2D eigenvalue weighted by Gasteiger charge is -2.24. The van der Waals surface area contributed by atoms with Gasteiger partial charge >= 0.3 is 12.1 Å². The number of alkyl carbamates (subject to hydrolysis) is 1. The van der Waals surface area contributed by atoms with E-state index in [-0.39, 0.29) is 24.4 Å². The average Bonchev–Trinajstić information content (AvgIpc) is 3.08. The number of ether oxygens (including phenoxy) is 1. The van der Waals surface area contributed by atoms with Crippen LogP contribution in [0.5, 0.6) is 0 Å². The summed E-state index contributed by atoms with van der Waals surface area (Å²) < 4.78 is 5.54. The first-order valence-electron chi connectivity index (χ1n) is 11.3. The first kappa shape index (κ1) is 24.3. The molecule has 0 unspecified atom stereocenters. The zero-order chi connectivity index (χ0) is 24.1. The van der Waals surface area contributed by atoms with Crippen molar-refractivity contribution in [3.8, 4) is 11.1 Å². The number of fused-ring (bicyclic) bond motifs is 3. The van der Waals surface area contributed by atoms with Gasteiger partial charge in [0, 0.05) is 5.92 Å². The van der Waals surface area contributed by atoms with E-state index in [4.69, 9.17) is 4.74 Å². The standard InChI is InChI=1S/C26H32N2O5/c1-15(2)13-22(25(30)31)27-24(29)23(16(3)4)28-26(32)33-14-21-19-11-7-5-9-17(19)18-10-6-8-12-20(18)21/h5-12,15-16,21-23H,13-14H2,1-4H3,(H,27,29)(H,28,32)(H,30,31)/t22-,23+/m1/s1. The largest absolute Gasteiger partial charge is 0.480 e. The van der Waals surface area contributed by atoms with Crippen LogP contribution in [0.15, 0.2) is 48.5 Å². The maximum absolute atomic E-state index is 12.8. The summed E-state index contributed by atoms with van der Waals surface area (Å²) in [5, 5.41) is 14.6. The number of aliphatic carboxylic acids is 1. The molecule has 2 aromatic carbocycles. The predicted molar refractivity (Wildman–Crippen MR) is 126 cm³/mol. The van der Waals surface area contributed by atoms with Crippen LogP contribution in [0.1, 0.15) is 51.2 Å². The molecule has 0 bridgehead atoms. The van der Waals surface area contributed by atoms with E-state index in [2.05, 4.69) is 22.8 Å². The number of carbonyl (C=O) groups excluding carboxylic acids is 2. The van der Waals surface area contributed by atoms with Crippen LogP contribution in [-0.2, 0) is 14.3 Å². The summed E-state index contributed by atoms with van der Waals surface area (Å²) in [5.41, 5.74) is 4.46. The first-order valence-corrected chi connectivity index (χ1v) is 11.3. The van der Waals surface area contributed by atoms with E-state index in [1.807, 2.05) is 50.2 Å². The van der Waals surface area contributed by atoms with E-state index in [0.717, 1.165) is 22.3 Å². The van der Waals surface area contributed by atoms with Crippen molar-refractivity contribution in [3.63, 3.8) is 0 Å². The Morgan fingerprint density at radius 1 is 0.909 bits per heavy atom. The van der Waals surface area contributed by atoms with Crippen LogP contribution in [-0.4, -0.2) is 41.8 Å². The highest BCUT2D eigenvalue weighted by Gasteiger charge is 2.31. The molecular formula is C26H32N2O5. The van der Waals surface area contributed by atoms with Gasteiger partial charge in [-0.3, -0.25) is 4.79 Å². The summed E-state index contributed by atoms with van der Waals surface area (Å²) in [6.07, 6.45) is -0.405. The van der Waals surface area contributed by atoms with Gasteiger partial charge in [-0.05, 0) is 40.5 Å². The molecule has 2 aromatic rings. The van der Waals surface area contributed by atoms with E-state index < -0.39 is 30.1 Å². The Morgan fingerprint density at radius 2 is 1.45 bits per heavy atom. The normalized spacial score (nSPS) is 14.4. The highest BCUT2D eigenvalue weighted by atomic mass is 16.5. The number of amides is 2. The van der Waals surface area contributed by atoms with Gasteiger partial charge in [-0.25, -0.2) is 9.59 Å². The molecule has 2 amide bonds. The monoisotopic (exact) mass is 452 g/mol. The Hall–Kier alpha value is -3.35. The number of hydrogen-bond donors (Lipinski definition) is 3. The minimum Gasteiger partial charge on any atom is -0.480 e. The number of carbonyl (C=O) groups is 3. The van der Waals surface area contributed by atoms with Crippen molar-refractivity contribution in [1.82, 2.24) is 10.6 Å². The van der Waals surface area contributed by atoms with Crippen LogP contribution in [0.25, 0.3) is 11.1 Å². The van der Waals surface area contributed by atoms with Crippen LogP contribution in [0, 0.1) is 11.8 Å². The van der Waals surface area contributed by atoms with Gasteiger partial charge in [-0.15, -0.1) is 0 Å². The van der Waals surface area contributed by atoms with E-state index >= 15 is 0 Å². The molecule has 3 rings (SSSR count). The number of carboxylic acids is 1. The molecule has 1 aliphatic rings. The summed E-state index contributed by atoms with van der Waals surface area (Å²) in [6.45, 7) is 7.48. The van der Waals surface area contributed by atoms with Crippen LogP contribution in [0.2, 0.25) is 0 Å². The van der Waals surface area contributed by atoms with Crippen LogP contribution < -0.4 is 10.6 Å². The molecule has 3 N–H and O–H groups in total. The highest BCUT2D eigenvalue weighted by molar-refractivity contribution is 5.89. The van der Waals surface area contributed by atoms with Crippen molar-refractivity contribution < 1.29 is 24.2 Å². The molecule has 0 saturated carbocycles. The van der Waals surface area contributed by atoms with Gasteiger partial charge in [-0.2, -0.15) is 0 Å². The molecule has 7 nitrogen and oxygen atoms in total. The lowest BCUT2D eigenvalue weighted by atomic mass is 9.98. The molecule has 2 atom stereocenters. The van der Waals surface area contributed by atoms with Gasteiger partial charge in [0.2, 0.25) is 5.91 Å². The molecule has 176 valence electrons. The van der Waals surface area contributed by atoms with E-state index in [0.29, 0.717) is 6.42 Å². The minimum absolute atomic E-state index is 0.0862. The second-order valence-corrected chi connectivity index (χ2v) is 9.22. The fourth-order valence-corrected chi connectivity index (χ4v) is 4.26. The topological polar surface area (TPSA) is 105 Å². The van der Waals surface area contributed by atoms with Crippen LogP contribution in [0.4, 0.5) is 4.79 Å². The quantitative estimate of drug-likeness (QED) is 0.530. The Morgan fingerprint density at radius 3 is 1.94 bits per heavy atom. The molecule has 1 aliphatic carbocycles. The van der Waals surface area contributed by atoms with Gasteiger partial charge < -0.3 is 20.5 Å². The van der Waals surface area contributed by atoms with Crippen LogP contribution >= 0.6 is 0 Å². The van der Waals surface area contributed by atoms with Crippen molar-refractivity contribution in [2.24, 2.45) is 11.8 Å². The Balaban J connectivity index is 1.65. The van der Waals surface area contributed by atoms with Crippen molar-refractivity contribution in [2.45, 2.75) is 52.1 Å². The number of hydrogen-bond acceptors (Lipinski definition) is 4. The maximum Gasteiger partial charge on any atom is 0.407 e. The molecule has 0 radical (unpaired) electrons. The molecular weight excluding hydrogens is 420 g/mol. The van der Waals surface area contributed by atoms with Crippen molar-refractivity contribution in [1.29, 1.82) is 0 Å². The molecule has 0 spiro atoms. The summed E-state index contributed by atoms with van der Waals surface area (Å²) in [7, 11) is 0. The lowest BCUT2D eigenvalue weighted by molar-refractivity contribution is -0.142. The third kappa shape index (κ3) is 5.72. The molecule has 7 heteroatoms. The molecule has 0 saturated heterocycles. The molecule has 0 heterocycles. The fraction of sp³-hybridized carbons (Fsp3) is 0.423. The lowest BCUT2D eigenvalue weighted by Crippen LogP contribution is -2.54. The maximum atomic E-state index is 12.8. The summed E-state index contributed by atoms with van der Waals surface area (Å²) in [5.74, 6) is -1.87. The van der Waals surface area contributed by atoms with Gasteiger partial charge in [0.05, 0.1) is 0 Å². The first-order chi connectivity index (χ1) is 15.7. The third-order valence-electron chi connectivity index (χ3n) is 5.89. The molecule has 0 fully saturated rings. The Bertz CT molecular complexity index is 972. The second kappa shape index (κ2) is 10.5. The number of rotatable bonds is 9. The smallest absolute Gasteiger partial charge is 0.407 e. The van der Waals surface area contributed by atoms with Crippen molar-refractivity contribution in [2.75, 3.05) is 6.61 Å². The Labute approximate surface area is 194 Å². The van der Waals surface area contributed by atoms with Crippen molar-refractivity contribution >= 4 is 18.0 Å². The van der Waals surface area contributed by atoms with E-state index in [9.17, 15) is 19.5 Å². The van der Waals surface area contributed by atoms with Crippen molar-refractivity contribution in [3.05, 3.63) is 59.7 Å². The number of benzene rings is 2. The summed E-state index contributed by atoms with van der Waals surface area (Å²) in [4.78, 5) is 36.9. The summed E-state index contributed by atoms with van der Waals surface area (Å²) in [6, 6.07) is 14.2. The highest BCUT2D eigenvalue weighted by Crippen LogP contribution is 2.44. The van der Waals surface area contributed by atoms with E-state index in [1.165, 1.54) is 0 Å². The summed E-state index contributed by atoms with van der Waals surface area (Å²) >= 11 is 0. The average molecular weight is 453 g/mol. The SMILES string of the molecule is CC(C)C[C@@H](NC(=O)[C@@H](NC(=O)OCC1c2ccccc2-c2ccccc21)C(C)C)C(=O)O. The van der Waals surface area contributed by atoms with Crippen LogP contribution in [0.3, 0.4) is 0 Å².